The van der Waals surface area contributed by atoms with Crippen LogP contribution in [0.15, 0.2) is 84.4 Å². The van der Waals surface area contributed by atoms with Gasteiger partial charge in [0.15, 0.2) is 0 Å². The van der Waals surface area contributed by atoms with Crippen molar-refractivity contribution in [3.05, 3.63) is 107 Å². The van der Waals surface area contributed by atoms with Gasteiger partial charge in [-0.15, -0.1) is 0 Å². The Morgan fingerprint density at radius 2 is 1.71 bits per heavy atom. The number of rotatable bonds is 9. The number of ketones is 1. The summed E-state index contributed by atoms with van der Waals surface area (Å²) in [5.41, 5.74) is 3.51. The van der Waals surface area contributed by atoms with Gasteiger partial charge in [-0.2, -0.15) is 0 Å². The van der Waals surface area contributed by atoms with E-state index in [2.05, 4.69) is 6.92 Å². The second-order valence-corrected chi connectivity index (χ2v) is 8.87. The third kappa shape index (κ3) is 5.46. The average molecular weight is 470 g/mol. The molecule has 35 heavy (non-hydrogen) atoms. The first-order valence-corrected chi connectivity index (χ1v) is 12.1. The highest BCUT2D eigenvalue weighted by Gasteiger charge is 2.45. The van der Waals surface area contributed by atoms with Gasteiger partial charge in [0.2, 0.25) is 0 Å². The number of ether oxygens (including phenoxy) is 1. The van der Waals surface area contributed by atoms with Gasteiger partial charge in [-0.1, -0.05) is 85.6 Å². The predicted octanol–water partition coefficient (Wildman–Crippen LogP) is 5.84. The quantitative estimate of drug-likeness (QED) is 0.185. The number of hydrogen-bond acceptors (Lipinski definition) is 4. The zero-order chi connectivity index (χ0) is 24.8. The molecule has 0 radical (unpaired) electrons. The van der Waals surface area contributed by atoms with Crippen LogP contribution in [0.4, 0.5) is 0 Å². The Kier molecular flexibility index (Phi) is 7.66. The molecular formula is C30H31NO4. The summed E-state index contributed by atoms with van der Waals surface area (Å²) < 4.78 is 5.79. The van der Waals surface area contributed by atoms with E-state index in [1.807, 2.05) is 67.6 Å². The van der Waals surface area contributed by atoms with Gasteiger partial charge in [0.1, 0.15) is 11.5 Å². The Hall–Kier alpha value is -3.86. The molecule has 3 aromatic carbocycles. The Morgan fingerprint density at radius 3 is 2.43 bits per heavy atom. The predicted molar refractivity (Wildman–Crippen MR) is 137 cm³/mol. The first kappa shape index (κ1) is 24.3. The summed E-state index contributed by atoms with van der Waals surface area (Å²) in [4.78, 5) is 28.0. The number of Topliss-reactive ketones (excluding diaryl/α,β-unsaturated/α-hetero) is 1. The van der Waals surface area contributed by atoms with Crippen molar-refractivity contribution >= 4 is 17.4 Å². The molecule has 1 atom stereocenters. The summed E-state index contributed by atoms with van der Waals surface area (Å²) in [5, 5.41) is 11.3. The van der Waals surface area contributed by atoms with Gasteiger partial charge in [-0.3, -0.25) is 9.59 Å². The van der Waals surface area contributed by atoms with Crippen molar-refractivity contribution in [2.75, 3.05) is 13.2 Å². The number of aliphatic hydroxyl groups excluding tert-OH is 1. The lowest BCUT2D eigenvalue weighted by atomic mass is 9.94. The standard InChI is InChI=1S/C30H31NO4/c1-3-4-19-35-25-12-8-11-24(20-25)28(32)26-27(23-15-13-21(2)14-16-23)31(30(34)29(26)33)18-17-22-9-6-5-7-10-22/h5-16,20,27,32H,3-4,17-19H2,1-2H3/b28-26+. The van der Waals surface area contributed by atoms with Crippen molar-refractivity contribution in [1.82, 2.24) is 4.90 Å². The van der Waals surface area contributed by atoms with Crippen LogP contribution in [0, 0.1) is 6.92 Å². The molecule has 1 heterocycles. The highest BCUT2D eigenvalue weighted by Crippen LogP contribution is 2.39. The van der Waals surface area contributed by atoms with E-state index >= 15 is 0 Å². The maximum Gasteiger partial charge on any atom is 0.295 e. The minimum Gasteiger partial charge on any atom is -0.507 e. The fraction of sp³-hybridized carbons (Fsp3) is 0.267. The third-order valence-corrected chi connectivity index (χ3v) is 6.29. The summed E-state index contributed by atoms with van der Waals surface area (Å²) in [5.74, 6) is -0.827. The van der Waals surface area contributed by atoms with E-state index in [0.29, 0.717) is 30.9 Å². The minimum atomic E-state index is -0.668. The summed E-state index contributed by atoms with van der Waals surface area (Å²) in [6, 6.07) is 24.0. The minimum absolute atomic E-state index is 0.109. The second-order valence-electron chi connectivity index (χ2n) is 8.87. The lowest BCUT2D eigenvalue weighted by molar-refractivity contribution is -0.139. The smallest absolute Gasteiger partial charge is 0.295 e. The first-order valence-electron chi connectivity index (χ1n) is 12.1. The summed E-state index contributed by atoms with van der Waals surface area (Å²) >= 11 is 0. The van der Waals surface area contributed by atoms with E-state index in [-0.39, 0.29) is 11.3 Å². The number of amides is 1. The largest absolute Gasteiger partial charge is 0.507 e. The second kappa shape index (κ2) is 11.0. The van der Waals surface area contributed by atoms with Crippen LogP contribution in [0.5, 0.6) is 5.75 Å². The molecule has 1 fully saturated rings. The number of carbonyl (C=O) groups excluding carboxylic acids is 2. The van der Waals surface area contributed by atoms with Crippen molar-refractivity contribution in [2.24, 2.45) is 0 Å². The van der Waals surface area contributed by atoms with Gasteiger partial charge in [-0.05, 0) is 43.0 Å². The molecule has 1 N–H and O–H groups in total. The van der Waals surface area contributed by atoms with Crippen molar-refractivity contribution in [3.63, 3.8) is 0 Å². The zero-order valence-electron chi connectivity index (χ0n) is 20.2. The fourth-order valence-electron chi connectivity index (χ4n) is 4.32. The molecule has 5 heteroatoms. The van der Waals surface area contributed by atoms with Gasteiger partial charge in [0, 0.05) is 12.1 Å². The lowest BCUT2D eigenvalue weighted by Crippen LogP contribution is -2.31. The Morgan fingerprint density at radius 1 is 0.971 bits per heavy atom. The van der Waals surface area contributed by atoms with Crippen LogP contribution in [-0.2, 0) is 16.0 Å². The summed E-state index contributed by atoms with van der Waals surface area (Å²) in [7, 11) is 0. The van der Waals surface area contributed by atoms with Crippen LogP contribution in [0.2, 0.25) is 0 Å². The Labute approximate surface area is 206 Å². The molecule has 180 valence electrons. The van der Waals surface area contributed by atoms with Crippen LogP contribution >= 0.6 is 0 Å². The van der Waals surface area contributed by atoms with E-state index in [0.717, 1.165) is 29.5 Å². The molecule has 0 bridgehead atoms. The molecule has 1 amide bonds. The van der Waals surface area contributed by atoms with E-state index < -0.39 is 17.7 Å². The van der Waals surface area contributed by atoms with Crippen LogP contribution in [-0.4, -0.2) is 34.8 Å². The molecule has 0 spiro atoms. The number of likely N-dealkylation sites (tertiary alicyclic amines) is 1. The number of hydrogen-bond donors (Lipinski definition) is 1. The summed E-state index contributed by atoms with van der Waals surface area (Å²) in [6.45, 7) is 5.02. The Bertz CT molecular complexity index is 1210. The molecule has 0 aliphatic carbocycles. The molecule has 0 aromatic heterocycles. The van der Waals surface area contributed by atoms with E-state index in [1.165, 1.54) is 0 Å². The van der Waals surface area contributed by atoms with Crippen LogP contribution in [0.25, 0.3) is 5.76 Å². The highest BCUT2D eigenvalue weighted by atomic mass is 16.5. The fourth-order valence-corrected chi connectivity index (χ4v) is 4.32. The maximum atomic E-state index is 13.2. The molecule has 1 aliphatic heterocycles. The van der Waals surface area contributed by atoms with E-state index in [9.17, 15) is 14.7 Å². The van der Waals surface area contributed by atoms with Gasteiger partial charge >= 0.3 is 0 Å². The van der Waals surface area contributed by atoms with Crippen LogP contribution in [0.1, 0.15) is 48.1 Å². The number of benzene rings is 3. The number of carbonyl (C=O) groups is 2. The lowest BCUT2D eigenvalue weighted by Gasteiger charge is -2.25. The van der Waals surface area contributed by atoms with Gasteiger partial charge < -0.3 is 14.7 Å². The highest BCUT2D eigenvalue weighted by molar-refractivity contribution is 6.46. The number of nitrogens with zero attached hydrogens (tertiary/aromatic N) is 1. The maximum absolute atomic E-state index is 13.2. The average Bonchev–Trinajstić information content (AvgIpc) is 3.13. The Balaban J connectivity index is 1.73. The molecule has 1 saturated heterocycles. The van der Waals surface area contributed by atoms with Gasteiger partial charge in [-0.25, -0.2) is 0 Å². The van der Waals surface area contributed by atoms with Crippen molar-refractivity contribution < 1.29 is 19.4 Å². The normalized spacial score (nSPS) is 17.1. The first-order chi connectivity index (χ1) is 17.0. The molecule has 1 unspecified atom stereocenters. The van der Waals surface area contributed by atoms with Crippen molar-refractivity contribution in [3.8, 4) is 5.75 Å². The zero-order valence-corrected chi connectivity index (χ0v) is 20.2. The molecule has 0 saturated carbocycles. The van der Waals surface area contributed by atoms with Crippen molar-refractivity contribution in [2.45, 2.75) is 39.2 Å². The topological polar surface area (TPSA) is 66.8 Å². The number of aliphatic hydroxyl groups is 1. The SMILES string of the molecule is CCCCOc1cccc(/C(O)=C2\C(=O)C(=O)N(CCc3ccccc3)C2c2ccc(C)cc2)c1. The molecular weight excluding hydrogens is 438 g/mol. The van der Waals surface area contributed by atoms with Crippen LogP contribution in [0.3, 0.4) is 0 Å². The molecule has 4 rings (SSSR count). The summed E-state index contributed by atoms with van der Waals surface area (Å²) in [6.07, 6.45) is 2.55. The molecule has 3 aromatic rings. The van der Waals surface area contributed by atoms with Gasteiger partial charge in [0.25, 0.3) is 11.7 Å². The molecule has 1 aliphatic rings. The number of aryl methyl sites for hydroxylation is 1. The van der Waals surface area contributed by atoms with Crippen LogP contribution < -0.4 is 4.74 Å². The molecule has 5 nitrogen and oxygen atoms in total. The number of unbranched alkanes of at least 4 members (excludes halogenated alkanes) is 1. The van der Waals surface area contributed by atoms with Gasteiger partial charge in [0.05, 0.1) is 18.2 Å². The van der Waals surface area contributed by atoms with E-state index in [4.69, 9.17) is 4.74 Å². The third-order valence-electron chi connectivity index (χ3n) is 6.29. The van der Waals surface area contributed by atoms with E-state index in [1.54, 1.807) is 23.1 Å². The monoisotopic (exact) mass is 469 g/mol. The van der Waals surface area contributed by atoms with Crippen molar-refractivity contribution in [1.29, 1.82) is 0 Å².